The van der Waals surface area contributed by atoms with E-state index in [1.54, 1.807) is 13.8 Å². The van der Waals surface area contributed by atoms with Gasteiger partial charge in [0, 0.05) is 53.7 Å². The van der Waals surface area contributed by atoms with Gasteiger partial charge in [-0.3, -0.25) is 9.88 Å². The molecule has 2 aromatic heterocycles. The van der Waals surface area contributed by atoms with Crippen LogP contribution in [0.3, 0.4) is 0 Å². The molecule has 2 saturated carbocycles. The van der Waals surface area contributed by atoms with Crippen LogP contribution in [0.2, 0.25) is 0 Å². The number of phenolic OH excluding ortho intramolecular Hbond substituents is 1. The minimum atomic E-state index is -1.14. The van der Waals surface area contributed by atoms with Crippen molar-refractivity contribution in [1.29, 1.82) is 0 Å². The van der Waals surface area contributed by atoms with E-state index in [-0.39, 0.29) is 68.8 Å². The number of fused-ring (bicyclic) bond motifs is 3. The number of likely N-dealkylation sites (tertiary alicyclic amines) is 1. The summed E-state index contributed by atoms with van der Waals surface area (Å²) in [7, 11) is 0. The second kappa shape index (κ2) is 12.2. The SMILES string of the molecule is C#Cc1c(F)ccc2cc(O)cc(-c3ncc4c(N5CCC[C@@](C)(O)C5)nc(OCC56CCCN(CC7[C@@H](C)C7(C)F)C5(C)CCC6)nc4c3F)c12. The second-order valence-electron chi connectivity index (χ2n) is 16.5. The Bertz CT molecular complexity index is 2140. The molecule has 8 rings (SSSR count). The number of benzene rings is 2. The van der Waals surface area contributed by atoms with Crippen molar-refractivity contribution in [3.63, 3.8) is 0 Å². The maximum Gasteiger partial charge on any atom is 0.319 e. The summed E-state index contributed by atoms with van der Waals surface area (Å²) in [5.41, 5.74) is -2.68. The average molecular weight is 714 g/mol. The third kappa shape index (κ3) is 5.47. The van der Waals surface area contributed by atoms with E-state index in [2.05, 4.69) is 27.7 Å². The van der Waals surface area contributed by atoms with Gasteiger partial charge in [-0.25, -0.2) is 13.2 Å². The molecule has 4 heterocycles. The van der Waals surface area contributed by atoms with E-state index in [0.717, 1.165) is 38.6 Å². The van der Waals surface area contributed by atoms with Crippen LogP contribution in [-0.4, -0.2) is 79.7 Å². The number of hydrogen-bond donors (Lipinski definition) is 2. The topological polar surface area (TPSA) is 94.8 Å². The van der Waals surface area contributed by atoms with Crippen molar-refractivity contribution in [3.8, 4) is 35.4 Å². The van der Waals surface area contributed by atoms with E-state index >= 15 is 8.78 Å². The van der Waals surface area contributed by atoms with Crippen molar-refractivity contribution >= 4 is 27.5 Å². The van der Waals surface area contributed by atoms with Gasteiger partial charge in [0.2, 0.25) is 0 Å². The van der Waals surface area contributed by atoms with Crippen molar-refractivity contribution < 1.29 is 28.1 Å². The molecule has 8 nitrogen and oxygen atoms in total. The number of phenols is 1. The van der Waals surface area contributed by atoms with Crippen LogP contribution in [0.4, 0.5) is 19.0 Å². The Balaban J connectivity index is 1.21. The summed E-state index contributed by atoms with van der Waals surface area (Å²) in [6.45, 7) is 10.6. The zero-order valence-electron chi connectivity index (χ0n) is 30.3. The van der Waals surface area contributed by atoms with Gasteiger partial charge in [0.25, 0.3) is 0 Å². The summed E-state index contributed by atoms with van der Waals surface area (Å²) >= 11 is 0. The van der Waals surface area contributed by atoms with Crippen molar-refractivity contribution in [1.82, 2.24) is 19.9 Å². The number of hydrogen-bond acceptors (Lipinski definition) is 8. The number of alkyl halides is 1. The van der Waals surface area contributed by atoms with Gasteiger partial charge < -0.3 is 19.8 Å². The summed E-state index contributed by atoms with van der Waals surface area (Å²) in [5, 5.41) is 22.7. The molecule has 11 heteroatoms. The first-order valence-corrected chi connectivity index (χ1v) is 18.5. The first-order valence-electron chi connectivity index (χ1n) is 18.5. The van der Waals surface area contributed by atoms with E-state index in [0.29, 0.717) is 49.1 Å². The van der Waals surface area contributed by atoms with Crippen LogP contribution in [0, 0.1) is 41.2 Å². The summed E-state index contributed by atoms with van der Waals surface area (Å²) in [6.07, 6.45) is 13.4. The minimum Gasteiger partial charge on any atom is -0.508 e. The summed E-state index contributed by atoms with van der Waals surface area (Å²) in [5.74, 6) is 1.22. The fourth-order valence-corrected chi connectivity index (χ4v) is 9.88. The number of halogens is 3. The zero-order valence-corrected chi connectivity index (χ0v) is 30.3. The Hall–Kier alpha value is -4.14. The van der Waals surface area contributed by atoms with Gasteiger partial charge >= 0.3 is 6.01 Å². The van der Waals surface area contributed by atoms with Gasteiger partial charge in [0.15, 0.2) is 5.82 Å². The predicted octanol–water partition coefficient (Wildman–Crippen LogP) is 7.56. The number of aromatic hydroxyl groups is 1. The van der Waals surface area contributed by atoms with Crippen molar-refractivity contribution in [2.45, 2.75) is 89.4 Å². The average Bonchev–Trinajstić information content (AvgIpc) is 3.37. The first kappa shape index (κ1) is 34.9. The Morgan fingerprint density at radius 2 is 1.79 bits per heavy atom. The lowest BCUT2D eigenvalue weighted by Crippen LogP contribution is -2.61. The first-order chi connectivity index (χ1) is 24.7. The molecule has 2 saturated heterocycles. The van der Waals surface area contributed by atoms with Crippen LogP contribution in [0.5, 0.6) is 11.8 Å². The number of rotatable bonds is 7. The van der Waals surface area contributed by atoms with Crippen molar-refractivity contribution in [2.75, 3.05) is 37.7 Å². The third-order valence-electron chi connectivity index (χ3n) is 13.3. The third-order valence-corrected chi connectivity index (χ3v) is 13.3. The monoisotopic (exact) mass is 713 g/mol. The van der Waals surface area contributed by atoms with E-state index in [1.165, 1.54) is 30.5 Å². The molecule has 4 aliphatic rings. The second-order valence-corrected chi connectivity index (χ2v) is 16.5. The number of aliphatic hydroxyl groups is 1. The quantitative estimate of drug-likeness (QED) is 0.190. The summed E-state index contributed by atoms with van der Waals surface area (Å²) in [6, 6.07) is 5.46. The zero-order chi connectivity index (χ0) is 36.8. The number of terminal acetylenes is 1. The van der Waals surface area contributed by atoms with Gasteiger partial charge in [-0.1, -0.05) is 25.3 Å². The number of β-amino-alcohol motifs (C(OH)–C–C–N with tert-alkyl or cyclic N) is 1. The van der Waals surface area contributed by atoms with Crippen molar-refractivity contribution in [3.05, 3.63) is 47.7 Å². The molecule has 2 aromatic carbocycles. The highest BCUT2D eigenvalue weighted by atomic mass is 19.1. The van der Waals surface area contributed by atoms with Crippen LogP contribution in [0.1, 0.15) is 78.2 Å². The molecule has 274 valence electrons. The molecule has 0 bridgehead atoms. The number of aromatic nitrogens is 3. The minimum absolute atomic E-state index is 0.00721. The predicted molar refractivity (Wildman–Crippen MR) is 195 cm³/mol. The molecule has 2 N–H and O–H groups in total. The lowest BCUT2D eigenvalue weighted by molar-refractivity contribution is -0.0698. The van der Waals surface area contributed by atoms with Crippen molar-refractivity contribution in [2.24, 2.45) is 17.3 Å². The molecule has 4 unspecified atom stereocenters. The van der Waals surface area contributed by atoms with E-state index in [9.17, 15) is 14.6 Å². The maximum absolute atomic E-state index is 17.0. The molecule has 0 radical (unpaired) electrons. The highest BCUT2D eigenvalue weighted by Crippen LogP contribution is 2.59. The van der Waals surface area contributed by atoms with E-state index in [1.807, 2.05) is 11.8 Å². The van der Waals surface area contributed by atoms with Crippen LogP contribution in [0.25, 0.3) is 32.9 Å². The number of pyridine rings is 1. The molecule has 2 aliphatic heterocycles. The number of piperidine rings is 2. The molecule has 52 heavy (non-hydrogen) atoms. The highest BCUT2D eigenvalue weighted by molar-refractivity contribution is 6.03. The number of anilines is 1. The Labute approximate surface area is 302 Å². The Kier molecular flexibility index (Phi) is 8.20. The maximum atomic E-state index is 17.0. The van der Waals surface area contributed by atoms with Crippen LogP contribution < -0.4 is 9.64 Å². The lowest BCUT2D eigenvalue weighted by Gasteiger charge is -2.54. The highest BCUT2D eigenvalue weighted by Gasteiger charge is 2.63. The van der Waals surface area contributed by atoms with Crippen LogP contribution in [-0.2, 0) is 0 Å². The largest absolute Gasteiger partial charge is 0.508 e. The molecule has 4 aromatic rings. The van der Waals surface area contributed by atoms with Gasteiger partial charge in [-0.15, -0.1) is 6.42 Å². The van der Waals surface area contributed by atoms with E-state index in [4.69, 9.17) is 16.1 Å². The molecule has 6 atom stereocenters. The molecule has 4 fully saturated rings. The van der Waals surface area contributed by atoms with E-state index < -0.39 is 22.9 Å². The summed E-state index contributed by atoms with van der Waals surface area (Å²) in [4.78, 5) is 18.4. The fourth-order valence-electron chi connectivity index (χ4n) is 9.88. The molecule has 2 aliphatic carbocycles. The fraction of sp³-hybridized carbons (Fsp3) is 0.537. The lowest BCUT2D eigenvalue weighted by atomic mass is 9.66. The molecular formula is C41H46F3N5O3. The Morgan fingerprint density at radius 1 is 1.04 bits per heavy atom. The number of nitrogens with zero attached hydrogens (tertiary/aromatic N) is 5. The Morgan fingerprint density at radius 3 is 2.52 bits per heavy atom. The van der Waals surface area contributed by atoms with Gasteiger partial charge in [-0.05, 0) is 95.3 Å². The van der Waals surface area contributed by atoms with Gasteiger partial charge in [0.1, 0.15) is 34.3 Å². The molecule has 0 spiro atoms. The molecular weight excluding hydrogens is 667 g/mol. The normalized spacial score (nSPS) is 31.9. The van der Waals surface area contributed by atoms with Crippen LogP contribution >= 0.6 is 0 Å². The molecule has 0 amide bonds. The van der Waals surface area contributed by atoms with Gasteiger partial charge in [0.05, 0.1) is 23.2 Å². The standard InChI is InChI=1S/C41H46F3N5O3/c1-6-27-31(42)11-10-25-18-26(50)19-28(32(25)27)34-33(43)35-29(20-45-34)36(48-16-8-12-38(3,51)22-48)47-37(46-35)52-23-41-14-7-13-39(41,4)49(17-9-15-41)21-30-24(2)40(30,5)44/h1,10-11,18-20,24,30,50-51H,7-9,12-17,21-23H2,2-5H3/t24-,30?,38-,39?,40?,41?/m1/s1. The smallest absolute Gasteiger partial charge is 0.319 e. The number of ether oxygens (including phenoxy) is 1. The van der Waals surface area contributed by atoms with Crippen LogP contribution in [0.15, 0.2) is 30.5 Å². The summed E-state index contributed by atoms with van der Waals surface area (Å²) < 4.78 is 53.6. The van der Waals surface area contributed by atoms with Gasteiger partial charge in [-0.2, -0.15) is 9.97 Å².